The number of hydrogen-bond acceptors (Lipinski definition) is 2. The highest BCUT2D eigenvalue weighted by Gasteiger charge is 2.23. The maximum Gasteiger partial charge on any atom is 0.116 e. The van der Waals surface area contributed by atoms with Crippen LogP contribution in [0.1, 0.15) is 28.1 Å². The highest BCUT2D eigenvalue weighted by atomic mass is 32.1. The van der Waals surface area contributed by atoms with Crippen molar-refractivity contribution in [2.45, 2.75) is 27.3 Å². The van der Waals surface area contributed by atoms with Gasteiger partial charge in [0.25, 0.3) is 0 Å². The molecule has 0 fully saturated rings. The number of nitrogens with one attached hydrogen (secondary N) is 1. The molecule has 0 atom stereocenters. The van der Waals surface area contributed by atoms with Gasteiger partial charge in [-0.15, -0.1) is 0 Å². The number of rotatable bonds is 1. The molecule has 1 aliphatic rings. The lowest BCUT2D eigenvalue weighted by Crippen LogP contribution is -2.19. The van der Waals surface area contributed by atoms with E-state index in [0.29, 0.717) is 6.54 Å². The van der Waals surface area contributed by atoms with Crippen LogP contribution in [-0.2, 0) is 6.54 Å². The normalized spacial score (nSPS) is 14.3. The van der Waals surface area contributed by atoms with E-state index in [1.54, 1.807) is 0 Å². The fraction of sp³-hybridized carbons (Fsp3) is 0.250. The van der Waals surface area contributed by atoms with Crippen LogP contribution >= 0.6 is 12.2 Å². The van der Waals surface area contributed by atoms with Crippen molar-refractivity contribution in [1.82, 2.24) is 9.99 Å². The van der Waals surface area contributed by atoms with Crippen molar-refractivity contribution < 1.29 is 0 Å². The zero-order valence-electron chi connectivity index (χ0n) is 11.9. The molecule has 3 nitrogen and oxygen atoms in total. The fourth-order valence-electron chi connectivity index (χ4n) is 2.67. The van der Waals surface area contributed by atoms with Crippen molar-refractivity contribution in [2.75, 3.05) is 0 Å². The lowest BCUT2D eigenvalue weighted by Gasteiger charge is -2.10. The zero-order valence-corrected chi connectivity index (χ0v) is 12.7. The smallest absolute Gasteiger partial charge is 0.116 e. The van der Waals surface area contributed by atoms with Crippen molar-refractivity contribution in [3.05, 3.63) is 58.4 Å². The number of thiocarbonyl (C=S) groups is 1. The standard InChI is InChI=1S/C16H17N3S/c1-10-11(2)16-15(13-7-5-4-6-8-13)18-17-14(20)9-19(16)12(10)3/h4-8H,9H2,1-3H3,(H,17,20). The molecule has 0 spiro atoms. The van der Waals surface area contributed by atoms with Crippen LogP contribution in [0.15, 0.2) is 35.4 Å². The summed E-state index contributed by atoms with van der Waals surface area (Å²) in [5, 5.41) is 4.54. The van der Waals surface area contributed by atoms with Crippen LogP contribution in [-0.4, -0.2) is 15.3 Å². The van der Waals surface area contributed by atoms with Gasteiger partial charge in [-0.25, -0.2) is 0 Å². The number of benzene rings is 1. The van der Waals surface area contributed by atoms with Crippen LogP contribution in [0.25, 0.3) is 0 Å². The van der Waals surface area contributed by atoms with Gasteiger partial charge in [-0.1, -0.05) is 42.5 Å². The van der Waals surface area contributed by atoms with Crippen LogP contribution in [0.2, 0.25) is 0 Å². The van der Waals surface area contributed by atoms with E-state index in [0.717, 1.165) is 16.3 Å². The summed E-state index contributed by atoms with van der Waals surface area (Å²) < 4.78 is 2.26. The Labute approximate surface area is 124 Å². The maximum atomic E-state index is 5.34. The summed E-state index contributed by atoms with van der Waals surface area (Å²) >= 11 is 5.34. The van der Waals surface area contributed by atoms with Gasteiger partial charge in [0, 0.05) is 11.3 Å². The van der Waals surface area contributed by atoms with Gasteiger partial charge in [-0.3, -0.25) is 5.43 Å². The summed E-state index contributed by atoms with van der Waals surface area (Å²) in [6.45, 7) is 7.14. The number of hydrazone groups is 1. The Morgan fingerprint density at radius 1 is 1.10 bits per heavy atom. The Kier molecular flexibility index (Phi) is 3.18. The zero-order chi connectivity index (χ0) is 14.3. The second-order valence-corrected chi connectivity index (χ2v) is 5.62. The molecular formula is C16H17N3S. The third-order valence-electron chi connectivity index (χ3n) is 4.00. The number of hydrogen-bond donors (Lipinski definition) is 1. The first-order chi connectivity index (χ1) is 9.59. The second-order valence-electron chi connectivity index (χ2n) is 5.13. The van der Waals surface area contributed by atoms with E-state index in [2.05, 4.69) is 48.0 Å². The van der Waals surface area contributed by atoms with Crippen molar-refractivity contribution in [2.24, 2.45) is 5.10 Å². The third-order valence-corrected chi connectivity index (χ3v) is 4.22. The van der Waals surface area contributed by atoms with E-state index < -0.39 is 0 Å². The molecule has 1 N–H and O–H groups in total. The number of fused-ring (bicyclic) bond motifs is 1. The van der Waals surface area contributed by atoms with Gasteiger partial charge in [0.1, 0.15) is 10.7 Å². The van der Waals surface area contributed by atoms with Crippen LogP contribution in [0.5, 0.6) is 0 Å². The van der Waals surface area contributed by atoms with E-state index in [4.69, 9.17) is 12.2 Å². The molecular weight excluding hydrogens is 266 g/mol. The molecule has 102 valence electrons. The molecule has 0 aliphatic carbocycles. The van der Waals surface area contributed by atoms with Gasteiger partial charge in [0.05, 0.1) is 12.2 Å². The SMILES string of the molecule is Cc1c(C)c2n(c1C)CC(=S)NN=C2c1ccccc1. The van der Waals surface area contributed by atoms with Gasteiger partial charge < -0.3 is 4.57 Å². The molecule has 1 aliphatic heterocycles. The largest absolute Gasteiger partial charge is 0.336 e. The lowest BCUT2D eigenvalue weighted by atomic mass is 10.0. The van der Waals surface area contributed by atoms with Gasteiger partial charge >= 0.3 is 0 Å². The predicted molar refractivity (Wildman–Crippen MR) is 86.5 cm³/mol. The van der Waals surface area contributed by atoms with E-state index in [1.807, 2.05) is 18.2 Å². The van der Waals surface area contributed by atoms with Gasteiger partial charge in [0.15, 0.2) is 0 Å². The van der Waals surface area contributed by atoms with Crippen LogP contribution in [0, 0.1) is 20.8 Å². The topological polar surface area (TPSA) is 29.3 Å². The molecule has 4 heteroatoms. The summed E-state index contributed by atoms with van der Waals surface area (Å²) in [5.74, 6) is 0. The van der Waals surface area contributed by atoms with E-state index >= 15 is 0 Å². The molecule has 2 heterocycles. The Bertz CT molecular complexity index is 711. The second kappa shape index (κ2) is 4.87. The minimum atomic E-state index is 0.686. The molecule has 0 amide bonds. The molecule has 0 radical (unpaired) electrons. The molecule has 1 aromatic carbocycles. The number of aromatic nitrogens is 1. The Morgan fingerprint density at radius 3 is 2.50 bits per heavy atom. The molecule has 0 saturated heterocycles. The molecule has 0 bridgehead atoms. The summed E-state index contributed by atoms with van der Waals surface area (Å²) in [6, 6.07) is 10.2. The van der Waals surface area contributed by atoms with Crippen molar-refractivity contribution in [3.8, 4) is 0 Å². The third kappa shape index (κ3) is 1.96. The first-order valence-corrected chi connectivity index (χ1v) is 7.09. The quantitative estimate of drug-likeness (QED) is 0.815. The average molecular weight is 283 g/mol. The van der Waals surface area contributed by atoms with Crippen LogP contribution in [0.4, 0.5) is 0 Å². The first-order valence-electron chi connectivity index (χ1n) is 6.68. The predicted octanol–water partition coefficient (Wildman–Crippen LogP) is 3.10. The monoisotopic (exact) mass is 283 g/mol. The first kappa shape index (κ1) is 13.1. The minimum Gasteiger partial charge on any atom is -0.336 e. The van der Waals surface area contributed by atoms with Gasteiger partial charge in [0.2, 0.25) is 0 Å². The van der Waals surface area contributed by atoms with Crippen LogP contribution < -0.4 is 5.43 Å². The fourth-order valence-corrected chi connectivity index (χ4v) is 2.85. The van der Waals surface area contributed by atoms with E-state index in [9.17, 15) is 0 Å². The molecule has 2 aromatic rings. The van der Waals surface area contributed by atoms with Crippen molar-refractivity contribution >= 4 is 22.9 Å². The molecule has 20 heavy (non-hydrogen) atoms. The summed E-state index contributed by atoms with van der Waals surface area (Å²) in [4.78, 5) is 0.746. The summed E-state index contributed by atoms with van der Waals surface area (Å²) in [7, 11) is 0. The lowest BCUT2D eigenvalue weighted by molar-refractivity contribution is 0.808. The van der Waals surface area contributed by atoms with Crippen LogP contribution in [0.3, 0.4) is 0 Å². The van der Waals surface area contributed by atoms with Gasteiger partial charge in [-0.2, -0.15) is 5.10 Å². The highest BCUT2D eigenvalue weighted by molar-refractivity contribution is 7.80. The summed E-state index contributed by atoms with van der Waals surface area (Å²) in [6.07, 6.45) is 0. The Morgan fingerprint density at radius 2 is 1.80 bits per heavy atom. The number of nitrogens with zero attached hydrogens (tertiary/aromatic N) is 2. The average Bonchev–Trinajstić information content (AvgIpc) is 2.62. The van der Waals surface area contributed by atoms with Crippen molar-refractivity contribution in [1.29, 1.82) is 0 Å². The summed E-state index contributed by atoms with van der Waals surface area (Å²) in [5.41, 5.74) is 10.1. The van der Waals surface area contributed by atoms with E-state index in [1.165, 1.54) is 22.5 Å². The molecule has 3 rings (SSSR count). The molecule has 0 saturated carbocycles. The van der Waals surface area contributed by atoms with Gasteiger partial charge in [-0.05, 0) is 31.9 Å². The maximum absolute atomic E-state index is 5.34. The van der Waals surface area contributed by atoms with E-state index in [-0.39, 0.29) is 0 Å². The Hall–Kier alpha value is -1.94. The van der Waals surface area contributed by atoms with Crippen molar-refractivity contribution in [3.63, 3.8) is 0 Å². The molecule has 0 unspecified atom stereocenters. The molecule has 1 aromatic heterocycles. The minimum absolute atomic E-state index is 0.686. The highest BCUT2D eigenvalue weighted by Crippen LogP contribution is 2.25. The Balaban J connectivity index is 2.28.